The van der Waals surface area contributed by atoms with E-state index in [9.17, 15) is 4.79 Å². The highest BCUT2D eigenvalue weighted by Gasteiger charge is 2.33. The molecule has 20 heavy (non-hydrogen) atoms. The normalized spacial score (nSPS) is 15.2. The molecular weight excluding hydrogens is 278 g/mol. The number of oxime groups is 1. The fourth-order valence-electron chi connectivity index (χ4n) is 2.01. The number of rotatable bonds is 5. The molecule has 5 nitrogen and oxygen atoms in total. The zero-order chi connectivity index (χ0) is 14.7. The first-order chi connectivity index (χ1) is 9.52. The number of nitrogens with two attached hydrogens (primary N) is 1. The predicted molar refractivity (Wildman–Crippen MR) is 78.3 cm³/mol. The molecule has 1 saturated carbocycles. The van der Waals surface area contributed by atoms with Gasteiger partial charge < -0.3 is 15.8 Å². The molecule has 6 heteroatoms. The Morgan fingerprint density at radius 2 is 2.25 bits per heavy atom. The Balaban J connectivity index is 2.12. The zero-order valence-corrected chi connectivity index (χ0v) is 12.1. The van der Waals surface area contributed by atoms with E-state index in [2.05, 4.69) is 5.16 Å². The molecule has 0 saturated heterocycles. The molecule has 0 atom stereocenters. The Morgan fingerprint density at radius 3 is 2.80 bits per heavy atom. The van der Waals surface area contributed by atoms with E-state index >= 15 is 0 Å². The quantitative estimate of drug-likeness (QED) is 0.379. The summed E-state index contributed by atoms with van der Waals surface area (Å²) in [5.41, 5.74) is 6.98. The smallest absolute Gasteiger partial charge is 0.254 e. The van der Waals surface area contributed by atoms with Crippen molar-refractivity contribution in [2.24, 2.45) is 10.9 Å². The van der Waals surface area contributed by atoms with E-state index in [-0.39, 0.29) is 17.8 Å². The minimum Gasteiger partial charge on any atom is -0.409 e. The summed E-state index contributed by atoms with van der Waals surface area (Å²) in [6.45, 7) is 2.35. The van der Waals surface area contributed by atoms with Crippen LogP contribution in [0.1, 0.15) is 35.2 Å². The van der Waals surface area contributed by atoms with Gasteiger partial charge >= 0.3 is 0 Å². The molecule has 2 rings (SSSR count). The molecule has 0 aromatic heterocycles. The summed E-state index contributed by atoms with van der Waals surface area (Å²) >= 11 is 6.06. The van der Waals surface area contributed by atoms with Gasteiger partial charge in [0.25, 0.3) is 5.91 Å². The first kappa shape index (κ1) is 14.7. The number of amides is 1. The third kappa shape index (κ3) is 3.42. The van der Waals surface area contributed by atoms with Crippen LogP contribution < -0.4 is 5.73 Å². The van der Waals surface area contributed by atoms with E-state index in [0.29, 0.717) is 23.6 Å². The molecule has 108 valence electrons. The number of halogens is 1. The topological polar surface area (TPSA) is 78.9 Å². The fourth-order valence-corrected chi connectivity index (χ4v) is 2.19. The van der Waals surface area contributed by atoms with Crippen LogP contribution in [-0.4, -0.2) is 34.4 Å². The maximum atomic E-state index is 12.5. The van der Waals surface area contributed by atoms with Crippen molar-refractivity contribution in [3.63, 3.8) is 0 Å². The summed E-state index contributed by atoms with van der Waals surface area (Å²) in [6.07, 6.45) is 2.36. The van der Waals surface area contributed by atoms with Crippen LogP contribution in [0.3, 0.4) is 0 Å². The lowest BCUT2D eigenvalue weighted by molar-refractivity contribution is 0.0747. The van der Waals surface area contributed by atoms with E-state index in [4.69, 9.17) is 22.5 Å². The molecule has 0 spiro atoms. The third-order valence-electron chi connectivity index (χ3n) is 3.40. The SMILES string of the molecule is Cc1ccc(C(=O)N(CCC(N)=NO)C2CC2)cc1Cl. The number of carbonyl (C=O) groups is 1. The second kappa shape index (κ2) is 6.13. The zero-order valence-electron chi connectivity index (χ0n) is 11.3. The number of benzene rings is 1. The first-order valence-corrected chi connectivity index (χ1v) is 6.94. The van der Waals surface area contributed by atoms with Crippen LogP contribution >= 0.6 is 11.6 Å². The molecule has 1 aliphatic rings. The summed E-state index contributed by atoms with van der Waals surface area (Å²) in [4.78, 5) is 14.3. The van der Waals surface area contributed by atoms with Gasteiger partial charge in [0.1, 0.15) is 5.84 Å². The van der Waals surface area contributed by atoms with Gasteiger partial charge in [-0.25, -0.2) is 0 Å². The maximum Gasteiger partial charge on any atom is 0.254 e. The van der Waals surface area contributed by atoms with Crippen molar-refractivity contribution in [2.45, 2.75) is 32.2 Å². The standard InChI is InChI=1S/C14H18ClN3O2/c1-9-2-3-10(8-12(9)15)14(19)18(11-4-5-11)7-6-13(16)17-20/h2-3,8,11,20H,4-7H2,1H3,(H2,16,17). The van der Waals surface area contributed by atoms with E-state index in [1.54, 1.807) is 17.0 Å². The molecule has 0 bridgehead atoms. The largest absolute Gasteiger partial charge is 0.409 e. The number of amidine groups is 1. The molecule has 0 radical (unpaired) electrons. The fraction of sp³-hybridized carbons (Fsp3) is 0.429. The highest BCUT2D eigenvalue weighted by atomic mass is 35.5. The number of hydrogen-bond acceptors (Lipinski definition) is 3. The second-order valence-electron chi connectivity index (χ2n) is 5.04. The van der Waals surface area contributed by atoms with Gasteiger partial charge in [0.15, 0.2) is 0 Å². The van der Waals surface area contributed by atoms with Crippen LogP contribution in [0.4, 0.5) is 0 Å². The van der Waals surface area contributed by atoms with Crippen LogP contribution in [0.15, 0.2) is 23.4 Å². The summed E-state index contributed by atoms with van der Waals surface area (Å²) in [7, 11) is 0. The van der Waals surface area contributed by atoms with Gasteiger partial charge in [0.2, 0.25) is 0 Å². The van der Waals surface area contributed by atoms with Crippen LogP contribution in [0, 0.1) is 6.92 Å². The maximum absolute atomic E-state index is 12.5. The number of carbonyl (C=O) groups excluding carboxylic acids is 1. The molecule has 0 heterocycles. The Labute approximate surface area is 123 Å². The van der Waals surface area contributed by atoms with E-state index in [1.807, 2.05) is 13.0 Å². The highest BCUT2D eigenvalue weighted by molar-refractivity contribution is 6.31. The Kier molecular flexibility index (Phi) is 4.49. The Hall–Kier alpha value is -1.75. The van der Waals surface area contributed by atoms with E-state index in [1.165, 1.54) is 0 Å². The summed E-state index contributed by atoms with van der Waals surface area (Å²) in [5.74, 6) is 0.0746. The molecule has 1 aliphatic carbocycles. The van der Waals surface area contributed by atoms with Crippen LogP contribution in [0.2, 0.25) is 5.02 Å². The molecule has 1 aromatic carbocycles. The monoisotopic (exact) mass is 295 g/mol. The van der Waals surface area contributed by atoms with Crippen molar-refractivity contribution in [2.75, 3.05) is 6.54 Å². The van der Waals surface area contributed by atoms with Gasteiger partial charge in [0.05, 0.1) is 0 Å². The van der Waals surface area contributed by atoms with Gasteiger partial charge in [-0.3, -0.25) is 4.79 Å². The lowest BCUT2D eigenvalue weighted by Crippen LogP contribution is -2.35. The van der Waals surface area contributed by atoms with E-state index in [0.717, 1.165) is 18.4 Å². The molecule has 3 N–H and O–H groups in total. The lowest BCUT2D eigenvalue weighted by Gasteiger charge is -2.22. The summed E-state index contributed by atoms with van der Waals surface area (Å²) in [5, 5.41) is 12.1. The average molecular weight is 296 g/mol. The molecule has 1 aromatic rings. The molecular formula is C14H18ClN3O2. The van der Waals surface area contributed by atoms with Gasteiger partial charge in [-0.2, -0.15) is 0 Å². The van der Waals surface area contributed by atoms with Gasteiger partial charge in [-0.15, -0.1) is 0 Å². The van der Waals surface area contributed by atoms with Gasteiger partial charge in [-0.1, -0.05) is 22.8 Å². The van der Waals surface area contributed by atoms with Crippen molar-refractivity contribution >= 4 is 23.3 Å². The predicted octanol–water partition coefficient (Wildman–Crippen LogP) is 2.39. The minimum atomic E-state index is -0.0554. The minimum absolute atomic E-state index is 0.0554. The number of hydrogen-bond donors (Lipinski definition) is 2. The number of nitrogens with zero attached hydrogens (tertiary/aromatic N) is 2. The van der Waals surface area contributed by atoms with Crippen molar-refractivity contribution in [3.05, 3.63) is 34.3 Å². The van der Waals surface area contributed by atoms with Crippen molar-refractivity contribution in [1.29, 1.82) is 0 Å². The highest BCUT2D eigenvalue weighted by Crippen LogP contribution is 2.29. The van der Waals surface area contributed by atoms with Gasteiger partial charge in [0, 0.05) is 29.6 Å². The van der Waals surface area contributed by atoms with Crippen LogP contribution in [0.5, 0.6) is 0 Å². The second-order valence-corrected chi connectivity index (χ2v) is 5.44. The van der Waals surface area contributed by atoms with Crippen molar-refractivity contribution < 1.29 is 10.0 Å². The molecule has 1 amide bonds. The summed E-state index contributed by atoms with van der Waals surface area (Å²) < 4.78 is 0. The van der Waals surface area contributed by atoms with Crippen molar-refractivity contribution in [3.8, 4) is 0 Å². The molecule has 0 aliphatic heterocycles. The van der Waals surface area contributed by atoms with Gasteiger partial charge in [-0.05, 0) is 37.5 Å². The molecule has 0 unspecified atom stereocenters. The Morgan fingerprint density at radius 1 is 1.55 bits per heavy atom. The van der Waals surface area contributed by atoms with E-state index < -0.39 is 0 Å². The van der Waals surface area contributed by atoms with Crippen LogP contribution in [0.25, 0.3) is 0 Å². The lowest BCUT2D eigenvalue weighted by atomic mass is 10.1. The first-order valence-electron chi connectivity index (χ1n) is 6.56. The Bertz CT molecular complexity index is 541. The molecule has 1 fully saturated rings. The average Bonchev–Trinajstić information content (AvgIpc) is 3.26. The number of aryl methyl sites for hydroxylation is 1. The van der Waals surface area contributed by atoms with Crippen molar-refractivity contribution in [1.82, 2.24) is 4.90 Å². The van der Waals surface area contributed by atoms with Crippen LogP contribution in [-0.2, 0) is 0 Å². The third-order valence-corrected chi connectivity index (χ3v) is 3.81. The summed E-state index contributed by atoms with van der Waals surface area (Å²) in [6, 6.07) is 5.57.